The lowest BCUT2D eigenvalue weighted by molar-refractivity contribution is -0.121. The van der Waals surface area contributed by atoms with E-state index < -0.39 is 5.54 Å². The number of nitrogens with zero attached hydrogens (tertiary/aromatic N) is 1. The number of pyridine rings is 1. The van der Waals surface area contributed by atoms with Crippen molar-refractivity contribution in [1.82, 2.24) is 4.98 Å². The fourth-order valence-electron chi connectivity index (χ4n) is 3.48. The number of ether oxygens (including phenoxy) is 1. The summed E-state index contributed by atoms with van der Waals surface area (Å²) in [6.45, 7) is 0.737. The maximum Gasteiger partial charge on any atom is 0.245 e. The lowest BCUT2D eigenvalue weighted by Gasteiger charge is -2.22. The van der Waals surface area contributed by atoms with E-state index in [0.717, 1.165) is 55.7 Å². The van der Waals surface area contributed by atoms with Crippen LogP contribution < -0.4 is 15.8 Å². The van der Waals surface area contributed by atoms with Crippen LogP contribution in [-0.4, -0.2) is 23.0 Å². The average Bonchev–Trinajstić information content (AvgIpc) is 3.24. The zero-order valence-electron chi connectivity index (χ0n) is 13.5. The molecule has 1 aliphatic carbocycles. The zero-order valence-corrected chi connectivity index (χ0v) is 13.5. The fraction of sp³-hybridized carbons (Fsp3) is 0.368. The van der Waals surface area contributed by atoms with Crippen LogP contribution in [0.5, 0.6) is 5.75 Å². The summed E-state index contributed by atoms with van der Waals surface area (Å²) in [5.74, 6) is 1.37. The second-order valence-corrected chi connectivity index (χ2v) is 6.65. The minimum atomic E-state index is -0.747. The lowest BCUT2D eigenvalue weighted by atomic mass is 9.98. The number of aromatic nitrogens is 1. The standard InChI is InChI=1S/C19H21N3O2/c20-19(9-1-2-10-19)18(23)22-17-5-3-4-15(21-17)13-6-7-16-14(12-13)8-11-24-16/h3-7,12H,1-2,8-11,20H2,(H,21,22,23). The summed E-state index contributed by atoms with van der Waals surface area (Å²) in [4.78, 5) is 17.0. The minimum absolute atomic E-state index is 0.132. The van der Waals surface area contributed by atoms with Crippen molar-refractivity contribution in [2.24, 2.45) is 5.73 Å². The Bertz CT molecular complexity index is 782. The lowest BCUT2D eigenvalue weighted by Crippen LogP contribution is -2.48. The van der Waals surface area contributed by atoms with Crippen molar-refractivity contribution in [3.8, 4) is 17.0 Å². The molecule has 5 nitrogen and oxygen atoms in total. The molecule has 0 atom stereocenters. The minimum Gasteiger partial charge on any atom is -0.493 e. The predicted molar refractivity (Wildman–Crippen MR) is 92.9 cm³/mol. The molecule has 4 rings (SSSR count). The summed E-state index contributed by atoms with van der Waals surface area (Å²) in [6.07, 6.45) is 4.42. The van der Waals surface area contributed by atoms with E-state index in [-0.39, 0.29) is 5.91 Å². The molecule has 0 saturated heterocycles. The molecular formula is C19H21N3O2. The predicted octanol–water partition coefficient (Wildman–Crippen LogP) is 2.89. The van der Waals surface area contributed by atoms with Gasteiger partial charge >= 0.3 is 0 Å². The van der Waals surface area contributed by atoms with Crippen molar-refractivity contribution >= 4 is 11.7 Å². The first-order valence-corrected chi connectivity index (χ1v) is 8.48. The Balaban J connectivity index is 1.56. The Morgan fingerprint density at radius 3 is 2.88 bits per heavy atom. The van der Waals surface area contributed by atoms with Gasteiger partial charge in [-0.15, -0.1) is 0 Å². The number of benzene rings is 1. The summed E-state index contributed by atoms with van der Waals surface area (Å²) < 4.78 is 5.54. The Morgan fingerprint density at radius 2 is 2.04 bits per heavy atom. The van der Waals surface area contributed by atoms with Crippen LogP contribution in [0.4, 0.5) is 5.82 Å². The van der Waals surface area contributed by atoms with E-state index in [2.05, 4.69) is 16.4 Å². The number of hydrogen-bond donors (Lipinski definition) is 2. The highest BCUT2D eigenvalue weighted by molar-refractivity contribution is 5.97. The van der Waals surface area contributed by atoms with Gasteiger partial charge in [-0.1, -0.05) is 18.9 Å². The summed E-state index contributed by atoms with van der Waals surface area (Å²) in [5, 5.41) is 2.89. The quantitative estimate of drug-likeness (QED) is 0.910. The van der Waals surface area contributed by atoms with Crippen LogP contribution in [0.15, 0.2) is 36.4 Å². The van der Waals surface area contributed by atoms with Crippen molar-refractivity contribution in [3.05, 3.63) is 42.0 Å². The van der Waals surface area contributed by atoms with E-state index in [1.165, 1.54) is 5.56 Å². The Labute approximate surface area is 141 Å². The van der Waals surface area contributed by atoms with E-state index in [0.29, 0.717) is 5.82 Å². The third-order valence-electron chi connectivity index (χ3n) is 4.92. The first-order chi connectivity index (χ1) is 11.6. The molecule has 5 heteroatoms. The second-order valence-electron chi connectivity index (χ2n) is 6.65. The van der Waals surface area contributed by atoms with Gasteiger partial charge < -0.3 is 15.8 Å². The smallest absolute Gasteiger partial charge is 0.245 e. The average molecular weight is 323 g/mol. The number of rotatable bonds is 3. The SMILES string of the molecule is NC1(C(=O)Nc2cccc(-c3ccc4c(c3)CCO4)n2)CCCC1. The molecule has 3 N–H and O–H groups in total. The molecular weight excluding hydrogens is 302 g/mol. The first kappa shape index (κ1) is 15.1. The van der Waals surface area contributed by atoms with Gasteiger partial charge in [-0.2, -0.15) is 0 Å². The second kappa shape index (κ2) is 5.91. The van der Waals surface area contributed by atoms with E-state index >= 15 is 0 Å². The molecule has 1 aromatic carbocycles. The molecule has 0 bridgehead atoms. The molecule has 1 aromatic heterocycles. The summed E-state index contributed by atoms with van der Waals surface area (Å²) in [6, 6.07) is 11.7. The van der Waals surface area contributed by atoms with Gasteiger partial charge in [0.2, 0.25) is 5.91 Å². The maximum atomic E-state index is 12.4. The number of amides is 1. The van der Waals surface area contributed by atoms with Gasteiger partial charge in [-0.05, 0) is 48.7 Å². The number of carbonyl (C=O) groups excluding carboxylic acids is 1. The molecule has 1 saturated carbocycles. The molecule has 1 aliphatic heterocycles. The van der Waals surface area contributed by atoms with Gasteiger partial charge in [-0.3, -0.25) is 4.79 Å². The largest absolute Gasteiger partial charge is 0.493 e. The molecule has 24 heavy (non-hydrogen) atoms. The molecule has 124 valence electrons. The summed E-state index contributed by atoms with van der Waals surface area (Å²) in [7, 11) is 0. The highest BCUT2D eigenvalue weighted by Gasteiger charge is 2.37. The number of nitrogens with two attached hydrogens (primary N) is 1. The maximum absolute atomic E-state index is 12.4. The van der Waals surface area contributed by atoms with Crippen LogP contribution in [0, 0.1) is 0 Å². The molecule has 2 aliphatic rings. The molecule has 1 amide bonds. The highest BCUT2D eigenvalue weighted by atomic mass is 16.5. The van der Waals surface area contributed by atoms with E-state index in [1.54, 1.807) is 6.07 Å². The van der Waals surface area contributed by atoms with Gasteiger partial charge in [0.15, 0.2) is 0 Å². The molecule has 0 unspecified atom stereocenters. The van der Waals surface area contributed by atoms with Gasteiger partial charge in [-0.25, -0.2) is 4.98 Å². The normalized spacial score (nSPS) is 18.0. The van der Waals surface area contributed by atoms with Gasteiger partial charge in [0.1, 0.15) is 11.6 Å². The molecule has 1 fully saturated rings. The monoisotopic (exact) mass is 323 g/mol. The molecule has 2 heterocycles. The number of hydrogen-bond acceptors (Lipinski definition) is 4. The van der Waals surface area contributed by atoms with Crippen molar-refractivity contribution in [1.29, 1.82) is 0 Å². The van der Waals surface area contributed by atoms with Gasteiger partial charge in [0.05, 0.1) is 17.8 Å². The number of fused-ring (bicyclic) bond motifs is 1. The Hall–Kier alpha value is -2.40. The third-order valence-corrected chi connectivity index (χ3v) is 4.92. The van der Waals surface area contributed by atoms with Crippen LogP contribution in [0.1, 0.15) is 31.2 Å². The van der Waals surface area contributed by atoms with E-state index in [4.69, 9.17) is 10.5 Å². The van der Waals surface area contributed by atoms with Crippen LogP contribution in [0.25, 0.3) is 11.3 Å². The topological polar surface area (TPSA) is 77.2 Å². The van der Waals surface area contributed by atoms with Crippen molar-refractivity contribution in [3.63, 3.8) is 0 Å². The summed E-state index contributed by atoms with van der Waals surface area (Å²) >= 11 is 0. The van der Waals surface area contributed by atoms with Crippen molar-refractivity contribution in [2.75, 3.05) is 11.9 Å². The number of anilines is 1. The van der Waals surface area contributed by atoms with E-state index in [1.807, 2.05) is 24.3 Å². The van der Waals surface area contributed by atoms with Gasteiger partial charge in [0, 0.05) is 12.0 Å². The molecule has 0 spiro atoms. The highest BCUT2D eigenvalue weighted by Crippen LogP contribution is 2.31. The fourth-order valence-corrected chi connectivity index (χ4v) is 3.48. The number of nitrogens with one attached hydrogen (secondary N) is 1. The van der Waals surface area contributed by atoms with Crippen molar-refractivity contribution < 1.29 is 9.53 Å². The zero-order chi connectivity index (χ0) is 16.6. The third kappa shape index (κ3) is 2.76. The molecule has 2 aromatic rings. The van der Waals surface area contributed by atoms with Crippen LogP contribution in [0.2, 0.25) is 0 Å². The summed E-state index contributed by atoms with van der Waals surface area (Å²) in [5.41, 5.74) is 8.52. The number of carbonyl (C=O) groups is 1. The molecule has 0 radical (unpaired) electrons. The van der Waals surface area contributed by atoms with E-state index in [9.17, 15) is 4.79 Å². The van der Waals surface area contributed by atoms with Crippen LogP contribution in [0.3, 0.4) is 0 Å². The Kier molecular flexibility index (Phi) is 3.73. The van der Waals surface area contributed by atoms with Crippen molar-refractivity contribution in [2.45, 2.75) is 37.6 Å². The van der Waals surface area contributed by atoms with Crippen LogP contribution >= 0.6 is 0 Å². The first-order valence-electron chi connectivity index (χ1n) is 8.48. The van der Waals surface area contributed by atoms with Crippen LogP contribution in [-0.2, 0) is 11.2 Å². The Morgan fingerprint density at radius 1 is 1.21 bits per heavy atom. The van der Waals surface area contributed by atoms with Gasteiger partial charge in [0.25, 0.3) is 0 Å².